The van der Waals surface area contributed by atoms with E-state index in [4.69, 9.17) is 19.9 Å². The van der Waals surface area contributed by atoms with E-state index in [1.165, 1.54) is 0 Å². The van der Waals surface area contributed by atoms with Crippen LogP contribution in [0.4, 0.5) is 0 Å². The second-order valence-electron chi connectivity index (χ2n) is 11.4. The Hall–Kier alpha value is -6.26. The monoisotopic (exact) mass is 586 g/mol. The van der Waals surface area contributed by atoms with Crippen LogP contribution in [0.5, 0.6) is 0 Å². The summed E-state index contributed by atoms with van der Waals surface area (Å²) in [7, 11) is 0. The highest BCUT2D eigenvalue weighted by atomic mass is 14.9. The lowest BCUT2D eigenvalue weighted by Gasteiger charge is -2.15. The Morgan fingerprint density at radius 3 is 1.59 bits per heavy atom. The molecule has 0 aliphatic rings. The summed E-state index contributed by atoms with van der Waals surface area (Å²) >= 11 is 0. The summed E-state index contributed by atoms with van der Waals surface area (Å²) < 4.78 is 0. The molecular weight excluding hydrogens is 560 g/mol. The second-order valence-corrected chi connectivity index (χ2v) is 11.4. The van der Waals surface area contributed by atoms with Crippen molar-refractivity contribution in [3.05, 3.63) is 158 Å². The van der Waals surface area contributed by atoms with Crippen molar-refractivity contribution in [2.45, 2.75) is 0 Å². The van der Waals surface area contributed by atoms with Crippen LogP contribution < -0.4 is 0 Å². The van der Waals surface area contributed by atoms with Gasteiger partial charge in [-0.25, -0.2) is 15.0 Å². The van der Waals surface area contributed by atoms with E-state index in [0.717, 1.165) is 82.7 Å². The first-order chi connectivity index (χ1) is 22.8. The van der Waals surface area contributed by atoms with Crippen molar-refractivity contribution in [2.24, 2.45) is 0 Å². The van der Waals surface area contributed by atoms with Crippen molar-refractivity contribution < 1.29 is 0 Å². The van der Waals surface area contributed by atoms with Crippen LogP contribution in [0.15, 0.2) is 158 Å². The molecule has 9 rings (SSSR count). The van der Waals surface area contributed by atoms with Gasteiger partial charge in [-0.2, -0.15) is 0 Å². The van der Waals surface area contributed by atoms with Crippen molar-refractivity contribution in [1.82, 2.24) is 19.9 Å². The fourth-order valence-electron chi connectivity index (χ4n) is 6.56. The Balaban J connectivity index is 1.30. The van der Waals surface area contributed by atoms with Crippen molar-refractivity contribution in [2.75, 3.05) is 0 Å². The van der Waals surface area contributed by atoms with Gasteiger partial charge < -0.3 is 0 Å². The largest absolute Gasteiger partial charge is 0.256 e. The van der Waals surface area contributed by atoms with Crippen molar-refractivity contribution in [1.29, 1.82) is 0 Å². The zero-order chi connectivity index (χ0) is 30.5. The summed E-state index contributed by atoms with van der Waals surface area (Å²) in [5, 5.41) is 6.69. The molecular formula is C42H26N4. The first-order valence-electron chi connectivity index (χ1n) is 15.4. The van der Waals surface area contributed by atoms with E-state index >= 15 is 0 Å². The number of aromatic nitrogens is 4. The molecule has 0 aliphatic carbocycles. The van der Waals surface area contributed by atoms with Gasteiger partial charge in [0, 0.05) is 55.4 Å². The molecule has 46 heavy (non-hydrogen) atoms. The Kier molecular flexibility index (Phi) is 6.10. The molecule has 0 fully saturated rings. The standard InChI is InChI=1S/C42H26N4/c1-3-13-27(14-4-1)36-26-37(28-15-5-2-6-16-28)45-42(44-36)30-18-11-17-29(25-30)39-32-20-8-7-19-31(32)38-35-23-12-24-43-40(35)33-21-9-10-22-34(33)41(38)46-39/h1-26H. The maximum absolute atomic E-state index is 5.45. The van der Waals surface area contributed by atoms with E-state index in [9.17, 15) is 0 Å². The Morgan fingerprint density at radius 2 is 0.891 bits per heavy atom. The van der Waals surface area contributed by atoms with Crippen LogP contribution in [0, 0.1) is 0 Å². The van der Waals surface area contributed by atoms with Gasteiger partial charge in [0.05, 0.1) is 28.1 Å². The van der Waals surface area contributed by atoms with Crippen LogP contribution >= 0.6 is 0 Å². The van der Waals surface area contributed by atoms with Gasteiger partial charge in [-0.15, -0.1) is 0 Å². The number of benzene rings is 6. The molecule has 0 atom stereocenters. The molecule has 0 spiro atoms. The van der Waals surface area contributed by atoms with E-state index < -0.39 is 0 Å². The molecule has 4 nitrogen and oxygen atoms in total. The zero-order valence-corrected chi connectivity index (χ0v) is 24.8. The van der Waals surface area contributed by atoms with Gasteiger partial charge in [-0.05, 0) is 23.6 Å². The molecule has 0 saturated heterocycles. The van der Waals surface area contributed by atoms with Crippen LogP contribution in [-0.2, 0) is 0 Å². The van der Waals surface area contributed by atoms with E-state index in [-0.39, 0.29) is 0 Å². The molecule has 0 aliphatic heterocycles. The van der Waals surface area contributed by atoms with Crippen LogP contribution in [0.2, 0.25) is 0 Å². The lowest BCUT2D eigenvalue weighted by Crippen LogP contribution is -1.97. The molecule has 0 unspecified atom stereocenters. The topological polar surface area (TPSA) is 51.6 Å². The van der Waals surface area contributed by atoms with E-state index in [0.29, 0.717) is 5.82 Å². The van der Waals surface area contributed by atoms with Crippen molar-refractivity contribution in [3.8, 4) is 45.2 Å². The van der Waals surface area contributed by atoms with Crippen molar-refractivity contribution in [3.63, 3.8) is 0 Å². The van der Waals surface area contributed by atoms with E-state index in [1.807, 2.05) is 48.7 Å². The highest BCUT2D eigenvalue weighted by Gasteiger charge is 2.18. The molecule has 0 N–H and O–H groups in total. The predicted octanol–water partition coefficient (Wildman–Crippen LogP) is 10.5. The fourth-order valence-corrected chi connectivity index (χ4v) is 6.56. The van der Waals surface area contributed by atoms with Gasteiger partial charge in [0.1, 0.15) is 0 Å². The number of hydrogen-bond acceptors (Lipinski definition) is 4. The molecule has 6 aromatic carbocycles. The average molecular weight is 587 g/mol. The number of nitrogens with zero attached hydrogens (tertiary/aromatic N) is 4. The third-order valence-corrected chi connectivity index (χ3v) is 8.69. The van der Waals surface area contributed by atoms with E-state index in [2.05, 4.69) is 109 Å². The first kappa shape index (κ1) is 26.2. The summed E-state index contributed by atoms with van der Waals surface area (Å²) in [6.45, 7) is 0. The Bertz CT molecular complexity index is 2520. The maximum Gasteiger partial charge on any atom is 0.160 e. The molecule has 0 saturated carbocycles. The Morgan fingerprint density at radius 1 is 0.348 bits per heavy atom. The summed E-state index contributed by atoms with van der Waals surface area (Å²) in [6, 6.07) is 52.3. The van der Waals surface area contributed by atoms with Gasteiger partial charge in [0.25, 0.3) is 0 Å². The smallest absolute Gasteiger partial charge is 0.160 e. The van der Waals surface area contributed by atoms with Crippen LogP contribution in [-0.4, -0.2) is 19.9 Å². The number of pyridine rings is 2. The molecule has 3 heterocycles. The minimum Gasteiger partial charge on any atom is -0.256 e. The third kappa shape index (κ3) is 4.31. The van der Waals surface area contributed by atoms with Gasteiger partial charge in [0.2, 0.25) is 0 Å². The minimum atomic E-state index is 0.676. The molecule has 0 amide bonds. The fraction of sp³-hybridized carbons (Fsp3) is 0. The molecule has 3 aromatic heterocycles. The summed E-state index contributed by atoms with van der Waals surface area (Å²) in [4.78, 5) is 20.4. The van der Waals surface area contributed by atoms with Gasteiger partial charge in [-0.1, -0.05) is 133 Å². The van der Waals surface area contributed by atoms with Gasteiger partial charge in [0.15, 0.2) is 5.82 Å². The average Bonchev–Trinajstić information content (AvgIpc) is 3.15. The summed E-state index contributed by atoms with van der Waals surface area (Å²) in [5.41, 5.74) is 8.73. The van der Waals surface area contributed by atoms with Crippen LogP contribution in [0.25, 0.3) is 88.5 Å². The maximum atomic E-state index is 5.45. The summed E-state index contributed by atoms with van der Waals surface area (Å²) in [5.74, 6) is 0.676. The second kappa shape index (κ2) is 10.7. The molecule has 9 aromatic rings. The quantitative estimate of drug-likeness (QED) is 0.193. The van der Waals surface area contributed by atoms with Gasteiger partial charge >= 0.3 is 0 Å². The molecule has 4 heteroatoms. The highest BCUT2D eigenvalue weighted by Crippen LogP contribution is 2.40. The normalized spacial score (nSPS) is 11.5. The third-order valence-electron chi connectivity index (χ3n) is 8.69. The summed E-state index contributed by atoms with van der Waals surface area (Å²) in [6.07, 6.45) is 1.87. The number of rotatable bonds is 4. The Labute approximate surface area is 265 Å². The molecule has 0 radical (unpaired) electrons. The lowest BCUT2D eigenvalue weighted by atomic mass is 9.94. The van der Waals surface area contributed by atoms with Gasteiger partial charge in [-0.3, -0.25) is 4.98 Å². The van der Waals surface area contributed by atoms with Crippen molar-refractivity contribution >= 4 is 43.4 Å². The number of fused-ring (bicyclic) bond motifs is 8. The van der Waals surface area contributed by atoms with E-state index in [1.54, 1.807) is 0 Å². The first-order valence-corrected chi connectivity index (χ1v) is 15.4. The van der Waals surface area contributed by atoms with Crippen LogP contribution in [0.1, 0.15) is 0 Å². The number of hydrogen-bond donors (Lipinski definition) is 0. The van der Waals surface area contributed by atoms with Crippen LogP contribution in [0.3, 0.4) is 0 Å². The SMILES string of the molecule is c1ccc(-c2cc(-c3ccccc3)nc(-c3cccc(-c4nc5c6ccccc6c6ncccc6c5c5ccccc45)c3)n2)cc1. The highest BCUT2D eigenvalue weighted by molar-refractivity contribution is 6.30. The molecule has 0 bridgehead atoms. The predicted molar refractivity (Wildman–Crippen MR) is 189 cm³/mol. The lowest BCUT2D eigenvalue weighted by molar-refractivity contribution is 1.18. The molecule has 214 valence electrons. The minimum absolute atomic E-state index is 0.676. The zero-order valence-electron chi connectivity index (χ0n) is 24.8.